The van der Waals surface area contributed by atoms with E-state index in [2.05, 4.69) is 16.7 Å². The van der Waals surface area contributed by atoms with Gasteiger partial charge < -0.3 is 10.6 Å². The molecule has 0 aromatic heterocycles. The van der Waals surface area contributed by atoms with Crippen molar-refractivity contribution in [3.63, 3.8) is 0 Å². The fourth-order valence-corrected chi connectivity index (χ4v) is 1.95. The van der Waals surface area contributed by atoms with E-state index in [4.69, 9.17) is 11.6 Å². The van der Waals surface area contributed by atoms with E-state index in [1.807, 2.05) is 0 Å². The fourth-order valence-electron chi connectivity index (χ4n) is 1.76. The number of carbonyl (C=O) groups excluding carboxylic acids is 1. The molecule has 0 unspecified atom stereocenters. The molecule has 18 heavy (non-hydrogen) atoms. The zero-order valence-corrected chi connectivity index (χ0v) is 11.5. The summed E-state index contributed by atoms with van der Waals surface area (Å²) in [5.41, 5.74) is 1.88. The highest BCUT2D eigenvalue weighted by atomic mass is 35.5. The molecule has 0 atom stereocenters. The van der Waals surface area contributed by atoms with E-state index < -0.39 is 0 Å². The van der Waals surface area contributed by atoms with Gasteiger partial charge in [-0.05, 0) is 31.2 Å². The second-order valence-corrected chi connectivity index (χ2v) is 4.45. The van der Waals surface area contributed by atoms with E-state index in [0.29, 0.717) is 17.1 Å². The molecule has 0 fully saturated rings. The molecule has 1 heterocycles. The van der Waals surface area contributed by atoms with Gasteiger partial charge >= 0.3 is 0 Å². The first-order chi connectivity index (χ1) is 8.25. The quantitative estimate of drug-likeness (QED) is 0.838. The Morgan fingerprint density at radius 2 is 2.28 bits per heavy atom. The van der Waals surface area contributed by atoms with Crippen molar-refractivity contribution in [2.45, 2.75) is 6.42 Å². The van der Waals surface area contributed by atoms with Crippen LogP contribution in [0.3, 0.4) is 0 Å². The third-order valence-corrected chi connectivity index (χ3v) is 2.96. The van der Waals surface area contributed by atoms with Crippen molar-refractivity contribution >= 4 is 29.9 Å². The van der Waals surface area contributed by atoms with Crippen LogP contribution in [0, 0.1) is 0 Å². The van der Waals surface area contributed by atoms with Crippen LogP contribution in [-0.2, 0) is 0 Å². The van der Waals surface area contributed by atoms with Gasteiger partial charge in [0.05, 0.1) is 0 Å². The first kappa shape index (κ1) is 15.0. The van der Waals surface area contributed by atoms with Crippen LogP contribution >= 0.6 is 24.0 Å². The lowest BCUT2D eigenvalue weighted by Gasteiger charge is -2.14. The molecule has 0 spiro atoms. The molecule has 1 aliphatic rings. The van der Waals surface area contributed by atoms with Crippen molar-refractivity contribution in [3.8, 4) is 0 Å². The van der Waals surface area contributed by atoms with Crippen LogP contribution in [0.5, 0.6) is 0 Å². The summed E-state index contributed by atoms with van der Waals surface area (Å²) >= 11 is 5.84. The lowest BCUT2D eigenvalue weighted by Crippen LogP contribution is -2.29. The number of hydrogen-bond acceptors (Lipinski definition) is 2. The van der Waals surface area contributed by atoms with Gasteiger partial charge in [-0.3, -0.25) is 4.79 Å². The molecule has 98 valence electrons. The summed E-state index contributed by atoms with van der Waals surface area (Å²) < 4.78 is 0. The normalized spacial score (nSPS) is 14.4. The van der Waals surface area contributed by atoms with Gasteiger partial charge in [0.25, 0.3) is 5.91 Å². The Hall–Kier alpha value is -1.03. The van der Waals surface area contributed by atoms with E-state index in [0.717, 1.165) is 19.5 Å². The van der Waals surface area contributed by atoms with Crippen molar-refractivity contribution in [1.29, 1.82) is 0 Å². The van der Waals surface area contributed by atoms with Gasteiger partial charge in [-0.25, -0.2) is 0 Å². The van der Waals surface area contributed by atoms with E-state index in [1.54, 1.807) is 24.3 Å². The molecule has 3 nitrogen and oxygen atoms in total. The Morgan fingerprint density at radius 1 is 1.44 bits per heavy atom. The van der Waals surface area contributed by atoms with Gasteiger partial charge in [0.15, 0.2) is 0 Å². The minimum atomic E-state index is -0.0769. The monoisotopic (exact) mass is 286 g/mol. The highest BCUT2D eigenvalue weighted by Crippen LogP contribution is 2.10. The Bertz CT molecular complexity index is 446. The predicted octanol–water partition coefficient (Wildman–Crippen LogP) is 2.41. The van der Waals surface area contributed by atoms with Crippen LogP contribution in [0.25, 0.3) is 0 Å². The van der Waals surface area contributed by atoms with Crippen molar-refractivity contribution < 1.29 is 4.79 Å². The zero-order valence-electron chi connectivity index (χ0n) is 9.91. The van der Waals surface area contributed by atoms with Gasteiger partial charge in [0, 0.05) is 23.7 Å². The highest BCUT2D eigenvalue weighted by Gasteiger charge is 2.07. The number of rotatable bonds is 3. The summed E-state index contributed by atoms with van der Waals surface area (Å²) in [6, 6.07) is 6.97. The van der Waals surface area contributed by atoms with Crippen molar-refractivity contribution in [2.24, 2.45) is 0 Å². The summed E-state index contributed by atoms with van der Waals surface area (Å²) in [6.07, 6.45) is 3.12. The standard InChI is InChI=1S/C13H15ClN2O.ClH/c14-12-3-1-2-11(8-12)13(17)16-9-10-4-6-15-7-5-10;/h1-4,8,15H,5-7,9H2,(H,16,17);1H. The number of benzene rings is 1. The average Bonchev–Trinajstić information content (AvgIpc) is 2.37. The fraction of sp³-hybridized carbons (Fsp3) is 0.308. The summed E-state index contributed by atoms with van der Waals surface area (Å²) in [4.78, 5) is 11.8. The molecule has 0 aliphatic carbocycles. The maximum atomic E-state index is 11.8. The van der Waals surface area contributed by atoms with Crippen LogP contribution in [0.1, 0.15) is 16.8 Å². The number of amides is 1. The minimum Gasteiger partial charge on any atom is -0.348 e. The maximum absolute atomic E-state index is 11.8. The first-order valence-electron chi connectivity index (χ1n) is 5.68. The van der Waals surface area contributed by atoms with Crippen LogP contribution < -0.4 is 10.6 Å². The molecule has 0 saturated heterocycles. The van der Waals surface area contributed by atoms with Gasteiger partial charge in [-0.2, -0.15) is 0 Å². The number of hydrogen-bond donors (Lipinski definition) is 2. The summed E-state index contributed by atoms with van der Waals surface area (Å²) in [5, 5.41) is 6.72. The summed E-state index contributed by atoms with van der Waals surface area (Å²) in [7, 11) is 0. The second-order valence-electron chi connectivity index (χ2n) is 4.01. The van der Waals surface area contributed by atoms with Gasteiger partial charge in [0.2, 0.25) is 0 Å². The molecule has 0 saturated carbocycles. The zero-order chi connectivity index (χ0) is 12.1. The average molecular weight is 287 g/mol. The third kappa shape index (κ3) is 4.33. The van der Waals surface area contributed by atoms with E-state index in [-0.39, 0.29) is 18.3 Å². The number of nitrogens with one attached hydrogen (secondary N) is 2. The molecule has 0 radical (unpaired) electrons. The lowest BCUT2D eigenvalue weighted by molar-refractivity contribution is 0.0956. The largest absolute Gasteiger partial charge is 0.348 e. The van der Waals surface area contributed by atoms with Crippen LogP contribution in [-0.4, -0.2) is 25.5 Å². The smallest absolute Gasteiger partial charge is 0.251 e. The Balaban J connectivity index is 0.00000162. The topological polar surface area (TPSA) is 41.1 Å². The maximum Gasteiger partial charge on any atom is 0.251 e. The van der Waals surface area contributed by atoms with Gasteiger partial charge in [-0.1, -0.05) is 29.3 Å². The molecule has 2 N–H and O–H groups in total. The molecule has 1 aromatic rings. The van der Waals surface area contributed by atoms with E-state index >= 15 is 0 Å². The SMILES string of the molecule is Cl.O=C(NCC1=CCNCC1)c1cccc(Cl)c1. The number of carbonyl (C=O) groups is 1. The molecule has 1 amide bonds. The Kier molecular flexibility index (Phi) is 6.19. The Morgan fingerprint density at radius 3 is 2.94 bits per heavy atom. The van der Waals surface area contributed by atoms with E-state index in [1.165, 1.54) is 5.57 Å². The van der Waals surface area contributed by atoms with Crippen LogP contribution in [0.4, 0.5) is 0 Å². The third-order valence-electron chi connectivity index (χ3n) is 2.72. The molecule has 2 rings (SSSR count). The van der Waals surface area contributed by atoms with Crippen molar-refractivity contribution in [2.75, 3.05) is 19.6 Å². The molecular weight excluding hydrogens is 271 g/mol. The summed E-state index contributed by atoms with van der Waals surface area (Å²) in [5.74, 6) is -0.0769. The van der Waals surface area contributed by atoms with Crippen molar-refractivity contribution in [1.82, 2.24) is 10.6 Å². The molecule has 5 heteroatoms. The first-order valence-corrected chi connectivity index (χ1v) is 6.06. The molecule has 1 aliphatic heterocycles. The highest BCUT2D eigenvalue weighted by molar-refractivity contribution is 6.30. The Labute approximate surface area is 118 Å². The lowest BCUT2D eigenvalue weighted by atomic mass is 10.1. The molecule has 1 aromatic carbocycles. The van der Waals surface area contributed by atoms with Crippen molar-refractivity contribution in [3.05, 3.63) is 46.5 Å². The minimum absolute atomic E-state index is 0. The molecular formula is C13H16Cl2N2O. The van der Waals surface area contributed by atoms with Gasteiger partial charge in [0.1, 0.15) is 0 Å². The second kappa shape index (κ2) is 7.41. The van der Waals surface area contributed by atoms with Crippen LogP contribution in [0.15, 0.2) is 35.9 Å². The molecule has 0 bridgehead atoms. The summed E-state index contributed by atoms with van der Waals surface area (Å²) in [6.45, 7) is 2.49. The van der Waals surface area contributed by atoms with Crippen LogP contribution in [0.2, 0.25) is 5.02 Å². The predicted molar refractivity (Wildman–Crippen MR) is 76.6 cm³/mol. The van der Waals surface area contributed by atoms with Gasteiger partial charge in [-0.15, -0.1) is 12.4 Å². The number of halogens is 2. The van der Waals surface area contributed by atoms with E-state index in [9.17, 15) is 4.79 Å².